The second-order valence-electron chi connectivity index (χ2n) is 30.4. The van der Waals surface area contributed by atoms with Gasteiger partial charge in [-0.1, -0.05) is 0 Å². The number of benzene rings is 11. The predicted molar refractivity (Wildman–Crippen MR) is 388 cm³/mol. The molecule has 452 valence electrons. The Morgan fingerprint density at radius 1 is 0.304 bits per heavy atom. The molecule has 0 unspecified atom stereocenters. The molecule has 7 aliphatic rings. The van der Waals surface area contributed by atoms with Crippen LogP contribution in [0, 0.1) is 48.5 Å². The summed E-state index contributed by atoms with van der Waals surface area (Å²) in [7, 11) is 0. The van der Waals surface area contributed by atoms with Crippen LogP contribution in [0.4, 0.5) is 68.2 Å². The molecular formula is C86H78GeN4O. The van der Waals surface area contributed by atoms with Crippen LogP contribution >= 0.6 is 0 Å². The van der Waals surface area contributed by atoms with Gasteiger partial charge in [-0.05, 0) is 27.7 Å². The Labute approximate surface area is 546 Å². The number of hydrogen-bond donors (Lipinski definition) is 0. The van der Waals surface area contributed by atoms with Gasteiger partial charge in [0.25, 0.3) is 0 Å². The standard InChI is InChI=1S/C86H78GeN4O/c1-47-17-27-54(28-18-47)88(55-29-19-48(2)20-30-55)58-35-37-60-62(45-58)83(8,9)74-70(60)72-79-77-81(74)92-82-75-71(61-38-36-59(46-63(61)84(75,10)11)89(56-31-21-49(3)22-32-56)57-33-23-50(4)24-34-57)73-80-78(82)87(77,16)76-68(90(79)66-39-25-51(5)41-64(66)85(72,12)13)43-53(7)44-69(76)91(80)67-40-26-52(6)42-65(67)86(73,14)15/h17-46H,1-16H3. The average Bonchev–Trinajstić information content (AvgIpc) is 1.04. The molecule has 5 nitrogen and oxygen atoms in total. The van der Waals surface area contributed by atoms with E-state index in [2.05, 4.69) is 311 Å². The van der Waals surface area contributed by atoms with Gasteiger partial charge in [0.05, 0.1) is 0 Å². The molecule has 0 atom stereocenters. The number of aryl methyl sites for hydroxylation is 7. The summed E-state index contributed by atoms with van der Waals surface area (Å²) in [6.45, 7) is 35.8. The Balaban J connectivity index is 0.967. The maximum atomic E-state index is 8.70. The number of hydrogen-bond acceptors (Lipinski definition) is 5. The van der Waals surface area contributed by atoms with Crippen LogP contribution in [-0.2, 0) is 21.7 Å². The van der Waals surface area contributed by atoms with Gasteiger partial charge in [-0.15, -0.1) is 0 Å². The van der Waals surface area contributed by atoms with Crippen molar-refractivity contribution in [2.75, 3.05) is 19.6 Å². The zero-order valence-electron chi connectivity index (χ0n) is 56.0. The predicted octanol–water partition coefficient (Wildman–Crippen LogP) is 21.4. The monoisotopic (exact) mass is 1260 g/mol. The fraction of sp³-hybridized carbons (Fsp3) is 0.233. The van der Waals surface area contributed by atoms with E-state index >= 15 is 0 Å². The molecule has 2 aliphatic carbocycles. The molecule has 6 heteroatoms. The van der Waals surface area contributed by atoms with E-state index in [-0.39, 0.29) is 0 Å². The molecule has 0 saturated heterocycles. The van der Waals surface area contributed by atoms with Gasteiger partial charge in [-0.25, -0.2) is 0 Å². The van der Waals surface area contributed by atoms with Gasteiger partial charge in [0.15, 0.2) is 0 Å². The van der Waals surface area contributed by atoms with Gasteiger partial charge in [0, 0.05) is 0 Å². The van der Waals surface area contributed by atoms with E-state index in [4.69, 9.17) is 4.74 Å². The SMILES string of the molecule is Cc1ccc(N(c2ccc(C)cc2)c2ccc3c(c2)C(C)(C)c2c4[c]5c6c(c2-3)C(C)(C)c2cc(C)ccc2N6c2cc(C)cc3[c]2[Ge]5([CH3])[c]2c(c5c(c6c2N3c2ccc(C)cc2C6(C)C)-c2ccc(N(c3ccc(C)cc3)c3ccc(C)cc3)cc2C5(C)C)O4)cc1. The van der Waals surface area contributed by atoms with Crippen molar-refractivity contribution in [2.24, 2.45) is 0 Å². The summed E-state index contributed by atoms with van der Waals surface area (Å²) in [6, 6.07) is 70.7. The molecule has 5 aliphatic heterocycles. The molecule has 0 aromatic heterocycles. The number of ether oxygens (including phenoxy) is 1. The van der Waals surface area contributed by atoms with Crippen LogP contribution in [0.5, 0.6) is 11.5 Å². The first-order chi connectivity index (χ1) is 43.9. The van der Waals surface area contributed by atoms with E-state index in [0.29, 0.717) is 0 Å². The normalized spacial score (nSPS) is 16.7. The molecule has 11 aromatic carbocycles. The van der Waals surface area contributed by atoms with E-state index in [9.17, 15) is 0 Å². The van der Waals surface area contributed by atoms with E-state index in [1.165, 1.54) is 153 Å². The van der Waals surface area contributed by atoms with E-state index in [0.717, 1.165) is 45.6 Å². The first kappa shape index (κ1) is 55.8. The van der Waals surface area contributed by atoms with Crippen LogP contribution in [0.2, 0.25) is 5.76 Å². The Morgan fingerprint density at radius 2 is 0.620 bits per heavy atom. The zero-order valence-corrected chi connectivity index (χ0v) is 58.1. The van der Waals surface area contributed by atoms with E-state index in [1.807, 2.05) is 0 Å². The summed E-state index contributed by atoms with van der Waals surface area (Å²) < 4.78 is 13.2. The van der Waals surface area contributed by atoms with Crippen LogP contribution in [-0.4, -0.2) is 13.3 Å². The summed E-state index contributed by atoms with van der Waals surface area (Å²) >= 11 is -4.11. The molecule has 18 rings (SSSR count). The van der Waals surface area contributed by atoms with Crippen molar-refractivity contribution in [3.05, 3.63) is 265 Å². The van der Waals surface area contributed by atoms with Crippen molar-refractivity contribution in [1.29, 1.82) is 0 Å². The van der Waals surface area contributed by atoms with Crippen molar-refractivity contribution in [3.63, 3.8) is 0 Å². The maximum absolute atomic E-state index is 8.70. The molecule has 0 N–H and O–H groups in total. The number of nitrogens with zero attached hydrogens (tertiary/aromatic N) is 4. The molecule has 0 fully saturated rings. The number of rotatable bonds is 6. The summed E-state index contributed by atoms with van der Waals surface area (Å²) in [5.74, 6) is 5.00. The van der Waals surface area contributed by atoms with Gasteiger partial charge in [0.1, 0.15) is 0 Å². The summed E-state index contributed by atoms with van der Waals surface area (Å²) in [6.07, 6.45) is 0. The molecule has 11 aromatic rings. The van der Waals surface area contributed by atoms with Crippen molar-refractivity contribution >= 4 is 94.7 Å². The third kappa shape index (κ3) is 6.95. The van der Waals surface area contributed by atoms with E-state index < -0.39 is 34.9 Å². The topological polar surface area (TPSA) is 22.2 Å². The fourth-order valence-electron chi connectivity index (χ4n) is 18.5. The molecule has 0 bridgehead atoms. The second-order valence-corrected chi connectivity index (χ2v) is 38.3. The Morgan fingerprint density at radius 3 is 0.967 bits per heavy atom. The average molecular weight is 1260 g/mol. The fourth-order valence-corrected chi connectivity index (χ4v) is 28.6. The molecular weight excluding hydrogens is 1180 g/mol. The van der Waals surface area contributed by atoms with Crippen LogP contribution in [0.15, 0.2) is 182 Å². The molecule has 0 spiro atoms. The molecule has 0 amide bonds. The van der Waals surface area contributed by atoms with Crippen molar-refractivity contribution in [1.82, 2.24) is 0 Å². The van der Waals surface area contributed by atoms with Crippen LogP contribution in [0.25, 0.3) is 22.3 Å². The quantitative estimate of drug-likeness (QED) is 0.154. The summed E-state index contributed by atoms with van der Waals surface area (Å²) in [5.41, 5.74) is 38.0. The third-order valence-electron chi connectivity index (χ3n) is 22.9. The van der Waals surface area contributed by atoms with Gasteiger partial charge in [-0.3, -0.25) is 0 Å². The Hall–Kier alpha value is -9.04. The summed E-state index contributed by atoms with van der Waals surface area (Å²) in [5, 5.41) is 0. The first-order valence-corrected chi connectivity index (χ1v) is 38.5. The van der Waals surface area contributed by atoms with Crippen LogP contribution in [0.1, 0.15) is 139 Å². The van der Waals surface area contributed by atoms with Crippen LogP contribution in [0.3, 0.4) is 0 Å². The van der Waals surface area contributed by atoms with Crippen molar-refractivity contribution in [3.8, 4) is 33.8 Å². The third-order valence-corrected chi connectivity index (χ3v) is 32.3. The Bertz CT molecular complexity index is 4750. The first-order valence-electron chi connectivity index (χ1n) is 33.2. The zero-order chi connectivity index (χ0) is 63.5. The minimum absolute atomic E-state index is 0.398. The van der Waals surface area contributed by atoms with Gasteiger partial charge < -0.3 is 0 Å². The molecule has 0 saturated carbocycles. The summed E-state index contributed by atoms with van der Waals surface area (Å²) in [4.78, 5) is 10.4. The van der Waals surface area contributed by atoms with Crippen molar-refractivity contribution in [2.45, 2.75) is 131 Å². The molecule has 5 heterocycles. The van der Waals surface area contributed by atoms with Gasteiger partial charge >= 0.3 is 522 Å². The molecule has 92 heavy (non-hydrogen) atoms. The number of anilines is 12. The second kappa shape index (κ2) is 18.2. The van der Waals surface area contributed by atoms with Crippen molar-refractivity contribution < 1.29 is 4.74 Å². The van der Waals surface area contributed by atoms with Gasteiger partial charge in [0.2, 0.25) is 0 Å². The number of fused-ring (bicyclic) bond motifs is 16. The Kier molecular flexibility index (Phi) is 11.0. The van der Waals surface area contributed by atoms with E-state index in [1.54, 1.807) is 0 Å². The van der Waals surface area contributed by atoms with Gasteiger partial charge in [-0.2, -0.15) is 0 Å². The van der Waals surface area contributed by atoms with Crippen LogP contribution < -0.4 is 37.5 Å². The minimum atomic E-state index is -4.11. The molecule has 0 radical (unpaired) electrons.